The van der Waals surface area contributed by atoms with Crippen LogP contribution in [0.15, 0.2) is 58.3 Å². The van der Waals surface area contributed by atoms with Gasteiger partial charge >= 0.3 is 0 Å². The molecule has 17 heavy (non-hydrogen) atoms. The van der Waals surface area contributed by atoms with E-state index in [2.05, 4.69) is 0 Å². The predicted octanol–water partition coefficient (Wildman–Crippen LogP) is 3.86. The second-order valence-electron chi connectivity index (χ2n) is 3.37. The molecule has 2 rings (SSSR count). The number of hydrogen-bond acceptors (Lipinski definition) is 2. The summed E-state index contributed by atoms with van der Waals surface area (Å²) >= 11 is 1.60. The van der Waals surface area contributed by atoms with Crippen LogP contribution in [0, 0.1) is 5.82 Å². The first-order valence-electron chi connectivity index (χ1n) is 5.01. The van der Waals surface area contributed by atoms with Gasteiger partial charge in [0.05, 0.1) is 0 Å². The fourth-order valence-corrected chi connectivity index (χ4v) is 2.38. The van der Waals surface area contributed by atoms with E-state index in [4.69, 9.17) is 5.73 Å². The third-order valence-corrected chi connectivity index (χ3v) is 3.34. The quantitative estimate of drug-likeness (QED) is 0.916. The van der Waals surface area contributed by atoms with Gasteiger partial charge < -0.3 is 5.73 Å². The van der Waals surface area contributed by atoms with Crippen LogP contribution >= 0.6 is 24.2 Å². The topological polar surface area (TPSA) is 26.0 Å². The largest absolute Gasteiger partial charge is 0.326 e. The second-order valence-corrected chi connectivity index (χ2v) is 4.49. The summed E-state index contributed by atoms with van der Waals surface area (Å²) in [6, 6.07) is 14.7. The van der Waals surface area contributed by atoms with Gasteiger partial charge in [-0.1, -0.05) is 30.0 Å². The lowest BCUT2D eigenvalue weighted by atomic mass is 10.2. The molecule has 2 N–H and O–H groups in total. The van der Waals surface area contributed by atoms with E-state index in [1.165, 1.54) is 12.1 Å². The first kappa shape index (κ1) is 14.0. The van der Waals surface area contributed by atoms with Gasteiger partial charge in [-0.3, -0.25) is 0 Å². The Labute approximate surface area is 111 Å². The first-order chi connectivity index (χ1) is 7.79. The Hall–Kier alpha value is -1.03. The van der Waals surface area contributed by atoms with Crippen LogP contribution in [0.3, 0.4) is 0 Å². The monoisotopic (exact) mass is 269 g/mol. The molecule has 0 aliphatic carbocycles. The number of hydrogen-bond donors (Lipinski definition) is 1. The molecule has 0 aliphatic rings. The van der Waals surface area contributed by atoms with Crippen molar-refractivity contribution in [1.29, 1.82) is 0 Å². The molecule has 90 valence electrons. The zero-order valence-electron chi connectivity index (χ0n) is 9.10. The van der Waals surface area contributed by atoms with E-state index in [-0.39, 0.29) is 18.2 Å². The Morgan fingerprint density at radius 2 is 1.76 bits per heavy atom. The minimum absolute atomic E-state index is 0. The third kappa shape index (κ3) is 3.73. The van der Waals surface area contributed by atoms with Crippen LogP contribution in [0.2, 0.25) is 0 Å². The van der Waals surface area contributed by atoms with Gasteiger partial charge in [-0.05, 0) is 35.9 Å². The normalized spacial score (nSPS) is 9.76. The molecule has 2 aromatic carbocycles. The third-order valence-electron chi connectivity index (χ3n) is 2.21. The average molecular weight is 270 g/mol. The van der Waals surface area contributed by atoms with Crippen LogP contribution in [0.5, 0.6) is 0 Å². The lowest BCUT2D eigenvalue weighted by molar-refractivity contribution is 0.623. The molecule has 0 atom stereocenters. The van der Waals surface area contributed by atoms with Crippen LogP contribution < -0.4 is 5.73 Å². The lowest BCUT2D eigenvalue weighted by Crippen LogP contribution is -1.98. The summed E-state index contributed by atoms with van der Waals surface area (Å²) in [5.41, 5.74) is 6.43. The SMILES string of the molecule is Cl.NCc1cc(F)ccc1Sc1ccccc1. The van der Waals surface area contributed by atoms with Crippen molar-refractivity contribution in [1.82, 2.24) is 0 Å². The maximum absolute atomic E-state index is 13.0. The van der Waals surface area contributed by atoms with Crippen molar-refractivity contribution in [2.45, 2.75) is 16.3 Å². The van der Waals surface area contributed by atoms with Crippen LogP contribution in [0.25, 0.3) is 0 Å². The highest BCUT2D eigenvalue weighted by atomic mass is 35.5. The van der Waals surface area contributed by atoms with Crippen LogP contribution in [0.1, 0.15) is 5.56 Å². The van der Waals surface area contributed by atoms with E-state index in [0.29, 0.717) is 6.54 Å². The summed E-state index contributed by atoms with van der Waals surface area (Å²) < 4.78 is 13.0. The second kappa shape index (κ2) is 6.64. The molecule has 1 nitrogen and oxygen atoms in total. The van der Waals surface area contributed by atoms with Gasteiger partial charge in [0.25, 0.3) is 0 Å². The van der Waals surface area contributed by atoms with Crippen molar-refractivity contribution in [2.75, 3.05) is 0 Å². The standard InChI is InChI=1S/C13H12FNS.ClH/c14-11-6-7-13(10(8-11)9-15)16-12-4-2-1-3-5-12;/h1-8H,9,15H2;1H. The maximum Gasteiger partial charge on any atom is 0.123 e. The van der Waals surface area contributed by atoms with Crippen LogP contribution in [-0.4, -0.2) is 0 Å². The fraction of sp³-hybridized carbons (Fsp3) is 0.0769. The van der Waals surface area contributed by atoms with Crippen molar-refractivity contribution >= 4 is 24.2 Å². The summed E-state index contributed by atoms with van der Waals surface area (Å²) in [6.45, 7) is 0.354. The van der Waals surface area contributed by atoms with Gasteiger partial charge in [0.15, 0.2) is 0 Å². The minimum Gasteiger partial charge on any atom is -0.326 e. The molecule has 0 aromatic heterocycles. The highest BCUT2D eigenvalue weighted by molar-refractivity contribution is 7.99. The molecule has 0 spiro atoms. The van der Waals surface area contributed by atoms with Gasteiger partial charge in [0, 0.05) is 16.3 Å². The molecule has 0 saturated heterocycles. The number of nitrogens with two attached hydrogens (primary N) is 1. The fourth-order valence-electron chi connectivity index (χ4n) is 1.42. The highest BCUT2D eigenvalue weighted by Gasteiger charge is 2.04. The summed E-state index contributed by atoms with van der Waals surface area (Å²) in [7, 11) is 0. The molecule has 0 unspecified atom stereocenters. The maximum atomic E-state index is 13.0. The Morgan fingerprint density at radius 1 is 1.06 bits per heavy atom. The molecule has 0 amide bonds. The molecule has 0 bridgehead atoms. The van der Waals surface area contributed by atoms with Gasteiger partial charge in [-0.15, -0.1) is 12.4 Å². The van der Waals surface area contributed by atoms with Gasteiger partial charge in [-0.2, -0.15) is 0 Å². The Balaban J connectivity index is 0.00000144. The molecule has 0 heterocycles. The minimum atomic E-state index is -0.238. The van der Waals surface area contributed by atoms with E-state index >= 15 is 0 Å². The van der Waals surface area contributed by atoms with Gasteiger partial charge in [-0.25, -0.2) is 4.39 Å². The summed E-state index contributed by atoms with van der Waals surface area (Å²) in [6.07, 6.45) is 0. The number of halogens is 2. The summed E-state index contributed by atoms with van der Waals surface area (Å²) in [4.78, 5) is 2.14. The molecule has 0 aliphatic heterocycles. The van der Waals surface area contributed by atoms with E-state index in [0.717, 1.165) is 15.4 Å². The molecular formula is C13H13ClFNS. The van der Waals surface area contributed by atoms with Gasteiger partial charge in [0.2, 0.25) is 0 Å². The highest BCUT2D eigenvalue weighted by Crippen LogP contribution is 2.30. The average Bonchev–Trinajstić information content (AvgIpc) is 2.33. The smallest absolute Gasteiger partial charge is 0.123 e. The van der Waals surface area contributed by atoms with E-state index in [1.54, 1.807) is 17.8 Å². The summed E-state index contributed by atoms with van der Waals surface area (Å²) in [5.74, 6) is -0.238. The molecule has 4 heteroatoms. The molecule has 2 aromatic rings. The van der Waals surface area contributed by atoms with E-state index in [1.807, 2.05) is 30.3 Å². The summed E-state index contributed by atoms with van der Waals surface area (Å²) in [5, 5.41) is 0. The van der Waals surface area contributed by atoms with Crippen molar-refractivity contribution in [3.63, 3.8) is 0 Å². The predicted molar refractivity (Wildman–Crippen MR) is 72.1 cm³/mol. The Bertz CT molecular complexity index is 476. The molecule has 0 saturated carbocycles. The first-order valence-corrected chi connectivity index (χ1v) is 5.82. The zero-order chi connectivity index (χ0) is 11.4. The molecule has 0 fully saturated rings. The van der Waals surface area contributed by atoms with Crippen molar-refractivity contribution in [3.05, 3.63) is 59.9 Å². The number of benzene rings is 2. The van der Waals surface area contributed by atoms with Crippen molar-refractivity contribution in [3.8, 4) is 0 Å². The van der Waals surface area contributed by atoms with Crippen LogP contribution in [0.4, 0.5) is 4.39 Å². The lowest BCUT2D eigenvalue weighted by Gasteiger charge is -2.07. The van der Waals surface area contributed by atoms with E-state index in [9.17, 15) is 4.39 Å². The Morgan fingerprint density at radius 3 is 2.41 bits per heavy atom. The van der Waals surface area contributed by atoms with Crippen molar-refractivity contribution < 1.29 is 4.39 Å². The number of rotatable bonds is 3. The van der Waals surface area contributed by atoms with Crippen molar-refractivity contribution in [2.24, 2.45) is 5.73 Å². The molecular weight excluding hydrogens is 257 g/mol. The van der Waals surface area contributed by atoms with E-state index < -0.39 is 0 Å². The van der Waals surface area contributed by atoms with Gasteiger partial charge in [0.1, 0.15) is 5.82 Å². The Kier molecular flexibility index (Phi) is 5.48. The van der Waals surface area contributed by atoms with Crippen LogP contribution in [-0.2, 0) is 6.54 Å². The molecule has 0 radical (unpaired) electrons. The zero-order valence-corrected chi connectivity index (χ0v) is 10.7.